The lowest BCUT2D eigenvalue weighted by molar-refractivity contribution is 0.563. The van der Waals surface area contributed by atoms with Crippen LogP contribution in [0.3, 0.4) is 0 Å². The van der Waals surface area contributed by atoms with Crippen molar-refractivity contribution in [2.24, 2.45) is 0 Å². The number of H-pyrrole nitrogens is 1. The molecule has 15 heavy (non-hydrogen) atoms. The summed E-state index contributed by atoms with van der Waals surface area (Å²) in [6.45, 7) is 1.89. The van der Waals surface area contributed by atoms with Crippen molar-refractivity contribution in [2.45, 2.75) is 30.7 Å². The topological polar surface area (TPSA) is 98.6 Å². The molecule has 1 atom stereocenters. The highest BCUT2D eigenvalue weighted by Gasteiger charge is 2.19. The summed E-state index contributed by atoms with van der Waals surface area (Å²) in [4.78, 5) is 0.0406. The quantitative estimate of drug-likeness (QED) is 0.761. The minimum atomic E-state index is -3.62. The highest BCUT2D eigenvalue weighted by Crippen LogP contribution is 2.07. The van der Waals surface area contributed by atoms with Crippen molar-refractivity contribution in [1.29, 1.82) is 5.26 Å². The molecule has 0 saturated heterocycles. The molecule has 0 fully saturated rings. The predicted molar refractivity (Wildman–Crippen MR) is 53.2 cm³/mol. The molecule has 7 heteroatoms. The lowest BCUT2D eigenvalue weighted by atomic mass is 10.2. The number of nitrogens with zero attached hydrogens (tertiary/aromatic N) is 2. The zero-order valence-electron chi connectivity index (χ0n) is 8.27. The zero-order chi connectivity index (χ0) is 11.3. The third-order valence-electron chi connectivity index (χ3n) is 1.81. The first kappa shape index (κ1) is 11.7. The Morgan fingerprint density at radius 3 is 2.93 bits per heavy atom. The monoisotopic (exact) mass is 228 g/mol. The zero-order valence-corrected chi connectivity index (χ0v) is 9.08. The molecule has 0 aliphatic rings. The molecule has 0 bridgehead atoms. The first-order valence-corrected chi connectivity index (χ1v) is 5.99. The van der Waals surface area contributed by atoms with Crippen LogP contribution >= 0.6 is 0 Å². The van der Waals surface area contributed by atoms with Gasteiger partial charge in [0.2, 0.25) is 10.0 Å². The molecule has 0 aliphatic heterocycles. The van der Waals surface area contributed by atoms with Gasteiger partial charge in [0.05, 0.1) is 12.3 Å². The summed E-state index contributed by atoms with van der Waals surface area (Å²) in [5.41, 5.74) is 0. The number of hydrogen-bond acceptors (Lipinski definition) is 4. The van der Waals surface area contributed by atoms with Gasteiger partial charge in [-0.05, 0) is 6.42 Å². The smallest absolute Gasteiger partial charge is 0.244 e. The van der Waals surface area contributed by atoms with Crippen LogP contribution in [-0.2, 0) is 10.0 Å². The molecule has 1 aromatic rings. The highest BCUT2D eigenvalue weighted by molar-refractivity contribution is 7.89. The molecule has 1 heterocycles. The second-order valence-electron chi connectivity index (χ2n) is 3.03. The van der Waals surface area contributed by atoms with Crippen molar-refractivity contribution in [3.05, 3.63) is 12.4 Å². The third kappa shape index (κ3) is 3.04. The molecule has 6 nitrogen and oxygen atoms in total. The van der Waals surface area contributed by atoms with Crippen molar-refractivity contribution >= 4 is 10.0 Å². The fourth-order valence-corrected chi connectivity index (χ4v) is 2.16. The lowest BCUT2D eigenvalue weighted by Crippen LogP contribution is -2.33. The Hall–Kier alpha value is -1.39. The molecular weight excluding hydrogens is 216 g/mol. The van der Waals surface area contributed by atoms with Crippen molar-refractivity contribution in [3.8, 4) is 6.07 Å². The van der Waals surface area contributed by atoms with Gasteiger partial charge in [-0.2, -0.15) is 15.1 Å². The van der Waals surface area contributed by atoms with E-state index in [2.05, 4.69) is 14.9 Å². The van der Waals surface area contributed by atoms with Gasteiger partial charge >= 0.3 is 0 Å². The molecule has 1 unspecified atom stereocenters. The Morgan fingerprint density at radius 2 is 2.47 bits per heavy atom. The lowest BCUT2D eigenvalue weighted by Gasteiger charge is -2.09. The molecule has 0 amide bonds. The maximum Gasteiger partial charge on any atom is 0.244 e. The van der Waals surface area contributed by atoms with Crippen molar-refractivity contribution < 1.29 is 8.42 Å². The number of nitriles is 1. The first-order chi connectivity index (χ1) is 7.10. The summed E-state index contributed by atoms with van der Waals surface area (Å²) in [5.74, 6) is 0. The minimum absolute atomic E-state index is 0.0406. The molecule has 1 aromatic heterocycles. The summed E-state index contributed by atoms with van der Waals surface area (Å²) < 4.78 is 25.5. The predicted octanol–water partition coefficient (Wildman–Crippen LogP) is 0.380. The van der Waals surface area contributed by atoms with E-state index in [9.17, 15) is 8.42 Å². The normalized spacial score (nSPS) is 13.3. The number of rotatable bonds is 5. The minimum Gasteiger partial charge on any atom is -0.284 e. The van der Waals surface area contributed by atoms with E-state index in [4.69, 9.17) is 5.26 Å². The van der Waals surface area contributed by atoms with Gasteiger partial charge in [-0.3, -0.25) is 5.10 Å². The molecule has 0 aliphatic carbocycles. The molecule has 82 valence electrons. The number of sulfonamides is 1. The van der Waals surface area contributed by atoms with E-state index in [0.29, 0.717) is 6.42 Å². The van der Waals surface area contributed by atoms with Gasteiger partial charge in [0.15, 0.2) is 0 Å². The van der Waals surface area contributed by atoms with E-state index in [0.717, 1.165) is 6.42 Å². The van der Waals surface area contributed by atoms with Gasteiger partial charge < -0.3 is 0 Å². The van der Waals surface area contributed by atoms with Crippen LogP contribution in [0, 0.1) is 11.3 Å². The van der Waals surface area contributed by atoms with E-state index >= 15 is 0 Å². The van der Waals surface area contributed by atoms with Crippen LogP contribution in [0.2, 0.25) is 0 Å². The van der Waals surface area contributed by atoms with Crippen molar-refractivity contribution in [2.75, 3.05) is 0 Å². The van der Waals surface area contributed by atoms with Crippen LogP contribution in [0.5, 0.6) is 0 Å². The fourth-order valence-electron chi connectivity index (χ4n) is 1.08. The summed E-state index contributed by atoms with van der Waals surface area (Å²) >= 11 is 0. The van der Waals surface area contributed by atoms with Crippen LogP contribution in [0.4, 0.5) is 0 Å². The average Bonchev–Trinajstić information content (AvgIpc) is 2.70. The molecule has 2 N–H and O–H groups in total. The van der Waals surface area contributed by atoms with E-state index in [1.54, 1.807) is 0 Å². The summed E-state index contributed by atoms with van der Waals surface area (Å²) in [6.07, 6.45) is 3.70. The van der Waals surface area contributed by atoms with E-state index in [1.807, 2.05) is 13.0 Å². The summed E-state index contributed by atoms with van der Waals surface area (Å²) in [6, 6.07) is 1.21. The maximum atomic E-state index is 11.6. The van der Waals surface area contributed by atoms with Crippen LogP contribution < -0.4 is 4.72 Å². The van der Waals surface area contributed by atoms with Crippen molar-refractivity contribution in [3.63, 3.8) is 0 Å². The number of aromatic nitrogens is 2. The standard InChI is InChI=1S/C8H12N4O2S/c1-2-3-7(4-9)12-15(13,14)8-5-10-11-6-8/h5-7,12H,2-3H2,1H3,(H,10,11). The van der Waals surface area contributed by atoms with Crippen LogP contribution in [-0.4, -0.2) is 24.7 Å². The third-order valence-corrected chi connectivity index (χ3v) is 3.25. The molecule has 0 saturated carbocycles. The van der Waals surface area contributed by atoms with Gasteiger partial charge in [0, 0.05) is 6.20 Å². The molecular formula is C8H12N4O2S. The first-order valence-electron chi connectivity index (χ1n) is 4.51. The van der Waals surface area contributed by atoms with E-state index < -0.39 is 16.1 Å². The van der Waals surface area contributed by atoms with E-state index in [-0.39, 0.29) is 4.90 Å². The fraction of sp³-hybridized carbons (Fsp3) is 0.500. The van der Waals surface area contributed by atoms with Gasteiger partial charge in [0.1, 0.15) is 10.9 Å². The van der Waals surface area contributed by atoms with Gasteiger partial charge in [-0.1, -0.05) is 13.3 Å². The molecule has 1 rings (SSSR count). The van der Waals surface area contributed by atoms with Crippen LogP contribution in [0.15, 0.2) is 17.3 Å². The van der Waals surface area contributed by atoms with Crippen LogP contribution in [0.25, 0.3) is 0 Å². The summed E-state index contributed by atoms with van der Waals surface area (Å²) in [7, 11) is -3.62. The average molecular weight is 228 g/mol. The van der Waals surface area contributed by atoms with Crippen molar-refractivity contribution in [1.82, 2.24) is 14.9 Å². The Balaban J connectivity index is 2.77. The molecule has 0 radical (unpaired) electrons. The molecule has 0 aromatic carbocycles. The maximum absolute atomic E-state index is 11.6. The molecule has 0 spiro atoms. The number of hydrogen-bond donors (Lipinski definition) is 2. The Morgan fingerprint density at radius 1 is 1.73 bits per heavy atom. The Kier molecular flexibility index (Phi) is 3.82. The summed E-state index contributed by atoms with van der Waals surface area (Å²) in [5, 5.41) is 14.7. The van der Waals surface area contributed by atoms with E-state index in [1.165, 1.54) is 12.4 Å². The second-order valence-corrected chi connectivity index (χ2v) is 4.74. The number of aromatic amines is 1. The van der Waals surface area contributed by atoms with Crippen LogP contribution in [0.1, 0.15) is 19.8 Å². The van der Waals surface area contributed by atoms with Gasteiger partial charge in [-0.15, -0.1) is 0 Å². The van der Waals surface area contributed by atoms with Gasteiger partial charge in [-0.25, -0.2) is 8.42 Å². The Labute approximate surface area is 88.4 Å². The largest absolute Gasteiger partial charge is 0.284 e. The second kappa shape index (κ2) is 4.91. The number of nitrogens with one attached hydrogen (secondary N) is 2. The SMILES string of the molecule is CCCC(C#N)NS(=O)(=O)c1cn[nH]c1. The highest BCUT2D eigenvalue weighted by atomic mass is 32.2. The Bertz CT molecular complexity index is 432. The van der Waals surface area contributed by atoms with Gasteiger partial charge in [0.25, 0.3) is 0 Å².